The third-order valence-corrected chi connectivity index (χ3v) is 4.48. The lowest BCUT2D eigenvalue weighted by Crippen LogP contribution is -2.41. The fraction of sp³-hybridized carbons (Fsp3) is 0.474. The van der Waals surface area contributed by atoms with Crippen LogP contribution in [0.1, 0.15) is 35.7 Å². The highest BCUT2D eigenvalue weighted by atomic mass is 16.5. The van der Waals surface area contributed by atoms with E-state index in [1.54, 1.807) is 0 Å². The minimum absolute atomic E-state index is 0.186. The Labute approximate surface area is 148 Å². The molecule has 0 amide bonds. The molecule has 0 aliphatic carbocycles. The van der Waals surface area contributed by atoms with Crippen molar-refractivity contribution in [2.45, 2.75) is 26.3 Å². The van der Waals surface area contributed by atoms with E-state index >= 15 is 0 Å². The van der Waals surface area contributed by atoms with Crippen LogP contribution in [0.15, 0.2) is 28.7 Å². The number of nitrogens with one attached hydrogen (secondary N) is 1. The smallest absolute Gasteiger partial charge is 0.232 e. The van der Waals surface area contributed by atoms with Gasteiger partial charge in [0.25, 0.3) is 0 Å². The summed E-state index contributed by atoms with van der Waals surface area (Å²) in [5.74, 6) is 1.04. The highest BCUT2D eigenvalue weighted by Crippen LogP contribution is 2.25. The van der Waals surface area contributed by atoms with Crippen LogP contribution in [0.5, 0.6) is 0 Å². The van der Waals surface area contributed by atoms with Gasteiger partial charge in [0.05, 0.1) is 19.3 Å². The van der Waals surface area contributed by atoms with E-state index in [1.807, 2.05) is 6.92 Å². The zero-order valence-corrected chi connectivity index (χ0v) is 14.8. The first-order valence-corrected chi connectivity index (χ1v) is 8.73. The molecule has 3 rings (SSSR count). The van der Waals surface area contributed by atoms with E-state index in [9.17, 15) is 5.26 Å². The molecule has 1 saturated heterocycles. The molecule has 0 unspecified atom stereocenters. The minimum Gasteiger partial charge on any atom is -0.424 e. The van der Waals surface area contributed by atoms with Crippen molar-refractivity contribution >= 4 is 5.88 Å². The van der Waals surface area contributed by atoms with Crippen molar-refractivity contribution in [1.82, 2.24) is 9.88 Å². The molecule has 0 bridgehead atoms. The summed E-state index contributed by atoms with van der Waals surface area (Å²) in [5.41, 5.74) is 2.81. The fourth-order valence-corrected chi connectivity index (χ4v) is 3.04. The molecule has 0 spiro atoms. The van der Waals surface area contributed by atoms with Gasteiger partial charge in [0.1, 0.15) is 6.07 Å². The van der Waals surface area contributed by atoms with Gasteiger partial charge >= 0.3 is 0 Å². The Kier molecular flexibility index (Phi) is 5.69. The molecule has 1 aromatic heterocycles. The molecule has 0 saturated carbocycles. The monoisotopic (exact) mass is 340 g/mol. The number of oxazole rings is 1. The minimum atomic E-state index is 0.186. The number of aryl methyl sites for hydroxylation is 2. The lowest BCUT2D eigenvalue weighted by molar-refractivity contribution is 0.0186. The first-order chi connectivity index (χ1) is 12.2. The van der Waals surface area contributed by atoms with Gasteiger partial charge in [0, 0.05) is 26.1 Å². The maximum absolute atomic E-state index is 9.25. The van der Waals surface area contributed by atoms with Crippen LogP contribution in [0.2, 0.25) is 0 Å². The van der Waals surface area contributed by atoms with E-state index < -0.39 is 0 Å². The van der Waals surface area contributed by atoms with E-state index in [2.05, 4.69) is 52.5 Å². The highest BCUT2D eigenvalue weighted by Gasteiger charge is 2.23. The van der Waals surface area contributed by atoms with E-state index in [-0.39, 0.29) is 6.04 Å². The maximum Gasteiger partial charge on any atom is 0.232 e. The Balaban J connectivity index is 1.79. The van der Waals surface area contributed by atoms with E-state index in [0.717, 1.165) is 26.3 Å². The second kappa shape index (κ2) is 8.15. The first kappa shape index (κ1) is 17.5. The zero-order chi connectivity index (χ0) is 17.6. The summed E-state index contributed by atoms with van der Waals surface area (Å²) < 4.78 is 11.1. The van der Waals surface area contributed by atoms with Crippen LogP contribution in [0.25, 0.3) is 0 Å². The number of morpholine rings is 1. The SMILES string of the molecule is CCc1nc(C#N)c(NC[C@@H](c2ccc(C)cc2)N2CCOCC2)o1. The largest absolute Gasteiger partial charge is 0.424 e. The summed E-state index contributed by atoms with van der Waals surface area (Å²) in [6.07, 6.45) is 0.668. The van der Waals surface area contributed by atoms with Crippen LogP contribution in [0.3, 0.4) is 0 Å². The second-order valence-electron chi connectivity index (χ2n) is 6.21. The third-order valence-electron chi connectivity index (χ3n) is 4.48. The summed E-state index contributed by atoms with van der Waals surface area (Å²) in [5, 5.41) is 12.5. The Morgan fingerprint density at radius 1 is 1.28 bits per heavy atom. The van der Waals surface area contributed by atoms with E-state index in [1.165, 1.54) is 11.1 Å². The molecule has 6 heteroatoms. The number of rotatable bonds is 6. The standard InChI is InChI=1S/C19H24N4O2/c1-3-18-22-16(12-20)19(25-18)21-13-17(23-8-10-24-11-9-23)15-6-4-14(2)5-7-15/h4-7,17,21H,3,8-11,13H2,1-2H3/t17-/m0/s1. The predicted molar refractivity (Wildman–Crippen MR) is 95.4 cm³/mol. The average molecular weight is 340 g/mol. The molecule has 1 aromatic carbocycles. The summed E-state index contributed by atoms with van der Waals surface area (Å²) in [4.78, 5) is 6.61. The molecule has 25 heavy (non-hydrogen) atoms. The van der Waals surface area contributed by atoms with Gasteiger partial charge in [0.15, 0.2) is 5.89 Å². The van der Waals surface area contributed by atoms with Crippen molar-refractivity contribution in [2.24, 2.45) is 0 Å². The molecule has 1 N–H and O–H groups in total. The van der Waals surface area contributed by atoms with Crippen LogP contribution in [0, 0.1) is 18.3 Å². The predicted octanol–water partition coefficient (Wildman–Crippen LogP) is 2.90. The van der Waals surface area contributed by atoms with Gasteiger partial charge in [-0.3, -0.25) is 4.90 Å². The topological polar surface area (TPSA) is 74.3 Å². The van der Waals surface area contributed by atoms with Gasteiger partial charge in [-0.2, -0.15) is 5.26 Å². The Morgan fingerprint density at radius 3 is 2.64 bits per heavy atom. The van der Waals surface area contributed by atoms with Gasteiger partial charge < -0.3 is 14.5 Å². The summed E-state index contributed by atoms with van der Waals surface area (Å²) in [7, 11) is 0. The molecule has 6 nitrogen and oxygen atoms in total. The van der Waals surface area contributed by atoms with Crippen LogP contribution in [-0.4, -0.2) is 42.7 Å². The van der Waals surface area contributed by atoms with Crippen molar-refractivity contribution in [1.29, 1.82) is 5.26 Å². The number of ether oxygens (including phenoxy) is 1. The Morgan fingerprint density at radius 2 is 2.00 bits per heavy atom. The average Bonchev–Trinajstić information content (AvgIpc) is 3.06. The molecule has 1 aliphatic heterocycles. The molecular formula is C19H24N4O2. The zero-order valence-electron chi connectivity index (χ0n) is 14.8. The Hall–Kier alpha value is -2.36. The fourth-order valence-electron chi connectivity index (χ4n) is 3.04. The molecule has 1 aliphatic rings. The summed E-state index contributed by atoms with van der Waals surface area (Å²) in [6, 6.07) is 10.9. The van der Waals surface area contributed by atoms with Crippen molar-refractivity contribution in [2.75, 3.05) is 38.2 Å². The third kappa shape index (κ3) is 4.19. The molecule has 2 aromatic rings. The van der Waals surface area contributed by atoms with Gasteiger partial charge in [-0.15, -0.1) is 0 Å². The van der Waals surface area contributed by atoms with Crippen LogP contribution < -0.4 is 5.32 Å². The number of nitriles is 1. The second-order valence-corrected chi connectivity index (χ2v) is 6.21. The summed E-state index contributed by atoms with van der Waals surface area (Å²) >= 11 is 0. The molecule has 2 heterocycles. The van der Waals surface area contributed by atoms with Crippen LogP contribution in [-0.2, 0) is 11.2 Å². The van der Waals surface area contributed by atoms with Crippen molar-refractivity contribution in [3.8, 4) is 6.07 Å². The highest BCUT2D eigenvalue weighted by molar-refractivity contribution is 5.45. The summed E-state index contributed by atoms with van der Waals surface area (Å²) in [6.45, 7) is 7.97. The van der Waals surface area contributed by atoms with E-state index in [4.69, 9.17) is 9.15 Å². The normalized spacial score (nSPS) is 16.4. The number of nitrogens with zero attached hydrogens (tertiary/aromatic N) is 3. The number of aromatic nitrogens is 1. The van der Waals surface area contributed by atoms with Gasteiger partial charge in [-0.1, -0.05) is 36.8 Å². The van der Waals surface area contributed by atoms with Crippen LogP contribution >= 0.6 is 0 Å². The van der Waals surface area contributed by atoms with Crippen molar-refractivity contribution in [3.63, 3.8) is 0 Å². The quantitative estimate of drug-likeness (QED) is 0.871. The van der Waals surface area contributed by atoms with Crippen LogP contribution in [0.4, 0.5) is 5.88 Å². The van der Waals surface area contributed by atoms with Gasteiger partial charge in [0.2, 0.25) is 11.6 Å². The van der Waals surface area contributed by atoms with Gasteiger partial charge in [-0.25, -0.2) is 4.98 Å². The lowest BCUT2D eigenvalue weighted by Gasteiger charge is -2.35. The molecule has 1 fully saturated rings. The molecule has 0 radical (unpaired) electrons. The van der Waals surface area contributed by atoms with Crippen molar-refractivity contribution in [3.05, 3.63) is 47.0 Å². The first-order valence-electron chi connectivity index (χ1n) is 8.73. The number of hydrogen-bond donors (Lipinski definition) is 1. The molecule has 1 atom stereocenters. The molecular weight excluding hydrogens is 316 g/mol. The maximum atomic E-state index is 9.25. The number of hydrogen-bond acceptors (Lipinski definition) is 6. The number of anilines is 1. The number of benzene rings is 1. The van der Waals surface area contributed by atoms with Gasteiger partial charge in [-0.05, 0) is 12.5 Å². The Bertz CT molecular complexity index is 727. The molecule has 132 valence electrons. The van der Waals surface area contributed by atoms with E-state index in [0.29, 0.717) is 30.4 Å². The lowest BCUT2D eigenvalue weighted by atomic mass is 10.0. The van der Waals surface area contributed by atoms with Crippen molar-refractivity contribution < 1.29 is 9.15 Å².